The van der Waals surface area contributed by atoms with Gasteiger partial charge >= 0.3 is 0 Å². The molecule has 0 spiro atoms. The van der Waals surface area contributed by atoms with Crippen LogP contribution in [0.15, 0.2) is 23.1 Å². The number of piperidine rings is 1. The number of hydrogen-bond acceptors (Lipinski definition) is 6. The molecule has 0 radical (unpaired) electrons. The zero-order chi connectivity index (χ0) is 20.3. The van der Waals surface area contributed by atoms with E-state index in [0.29, 0.717) is 22.7 Å². The Kier molecular flexibility index (Phi) is 6.54. The van der Waals surface area contributed by atoms with Gasteiger partial charge in [0, 0.05) is 29.3 Å². The first-order valence-corrected chi connectivity index (χ1v) is 11.6. The fourth-order valence-electron chi connectivity index (χ4n) is 3.16. The van der Waals surface area contributed by atoms with Gasteiger partial charge in [-0.15, -0.1) is 11.3 Å². The van der Waals surface area contributed by atoms with Crippen molar-refractivity contribution in [3.05, 3.63) is 32.7 Å². The summed E-state index contributed by atoms with van der Waals surface area (Å²) in [7, 11) is -2.25. The van der Waals surface area contributed by atoms with Crippen LogP contribution < -0.4 is 10.1 Å². The Hall–Kier alpha value is -1.75. The number of aromatic nitrogens is 1. The molecule has 10 heteroatoms. The molecule has 0 unspecified atom stereocenters. The van der Waals surface area contributed by atoms with Gasteiger partial charge in [0.05, 0.1) is 13.5 Å². The van der Waals surface area contributed by atoms with E-state index in [9.17, 15) is 13.2 Å². The SMILES string of the molecule is COc1ccc(NC(=O)Cc2sc(=S)[nH]c2C)cc1S(=O)(=O)N1CCCCC1. The average molecular weight is 442 g/mol. The van der Waals surface area contributed by atoms with Crippen molar-refractivity contribution in [2.75, 3.05) is 25.5 Å². The largest absolute Gasteiger partial charge is 0.495 e. The van der Waals surface area contributed by atoms with Crippen LogP contribution in [0.4, 0.5) is 5.69 Å². The summed E-state index contributed by atoms with van der Waals surface area (Å²) in [5.41, 5.74) is 1.28. The van der Waals surface area contributed by atoms with E-state index < -0.39 is 10.0 Å². The number of nitrogens with one attached hydrogen (secondary N) is 2. The molecule has 0 aliphatic carbocycles. The highest BCUT2D eigenvalue weighted by atomic mass is 32.2. The first-order valence-electron chi connectivity index (χ1n) is 8.98. The predicted octanol–water partition coefficient (Wildman–Crippen LogP) is 3.48. The number of ether oxygens (including phenoxy) is 1. The van der Waals surface area contributed by atoms with Gasteiger partial charge in [-0.25, -0.2) is 8.42 Å². The lowest BCUT2D eigenvalue weighted by Gasteiger charge is -2.26. The maximum absolute atomic E-state index is 13.1. The number of nitrogens with zero attached hydrogens (tertiary/aromatic N) is 1. The van der Waals surface area contributed by atoms with Crippen molar-refractivity contribution >= 4 is 45.2 Å². The number of amides is 1. The third-order valence-corrected chi connectivity index (χ3v) is 7.88. The topological polar surface area (TPSA) is 91.5 Å². The lowest BCUT2D eigenvalue weighted by molar-refractivity contribution is -0.115. The second-order valence-corrected chi connectivity index (χ2v) is 10.3. The number of anilines is 1. The van der Waals surface area contributed by atoms with Gasteiger partial charge < -0.3 is 15.0 Å². The normalized spacial score (nSPS) is 15.4. The summed E-state index contributed by atoms with van der Waals surface area (Å²) in [5, 5.41) is 2.77. The van der Waals surface area contributed by atoms with E-state index in [0.717, 1.165) is 29.8 Å². The average Bonchev–Trinajstić information content (AvgIpc) is 2.99. The van der Waals surface area contributed by atoms with Crippen LogP contribution in [0.5, 0.6) is 5.75 Å². The molecule has 2 heterocycles. The molecule has 1 aromatic heterocycles. The van der Waals surface area contributed by atoms with E-state index in [2.05, 4.69) is 10.3 Å². The van der Waals surface area contributed by atoms with Gasteiger partial charge in [-0.3, -0.25) is 4.79 Å². The number of rotatable bonds is 6. The van der Waals surface area contributed by atoms with Crippen LogP contribution in [0.3, 0.4) is 0 Å². The minimum atomic E-state index is -3.69. The Labute approximate surface area is 173 Å². The predicted molar refractivity (Wildman–Crippen MR) is 112 cm³/mol. The molecule has 152 valence electrons. The summed E-state index contributed by atoms with van der Waals surface area (Å²) in [5.74, 6) is 0.0304. The highest BCUT2D eigenvalue weighted by molar-refractivity contribution is 7.89. The van der Waals surface area contributed by atoms with Gasteiger partial charge in [0.15, 0.2) is 3.95 Å². The van der Waals surface area contributed by atoms with Gasteiger partial charge in [-0.2, -0.15) is 4.31 Å². The fourth-order valence-corrected chi connectivity index (χ4v) is 6.15. The number of carbonyl (C=O) groups excluding carboxylic acids is 1. The first-order chi connectivity index (χ1) is 13.3. The Morgan fingerprint density at radius 3 is 2.64 bits per heavy atom. The number of thiazole rings is 1. The highest BCUT2D eigenvalue weighted by Crippen LogP contribution is 2.31. The molecule has 1 fully saturated rings. The quantitative estimate of drug-likeness (QED) is 0.670. The summed E-state index contributed by atoms with van der Waals surface area (Å²) >= 11 is 6.46. The number of aromatic amines is 1. The van der Waals surface area contributed by atoms with E-state index in [-0.39, 0.29) is 23.0 Å². The van der Waals surface area contributed by atoms with E-state index in [1.165, 1.54) is 28.8 Å². The van der Waals surface area contributed by atoms with Gasteiger partial charge in [-0.1, -0.05) is 6.42 Å². The molecular formula is C18H23N3O4S3. The number of carbonyl (C=O) groups is 1. The number of aryl methyl sites for hydroxylation is 1. The maximum Gasteiger partial charge on any atom is 0.246 e. The zero-order valence-corrected chi connectivity index (χ0v) is 18.2. The van der Waals surface area contributed by atoms with Crippen LogP contribution in [0.25, 0.3) is 0 Å². The first kappa shape index (κ1) is 21.0. The Morgan fingerprint density at radius 1 is 1.32 bits per heavy atom. The molecule has 1 aromatic carbocycles. The van der Waals surface area contributed by atoms with Crippen LogP contribution in [0.1, 0.15) is 29.8 Å². The van der Waals surface area contributed by atoms with Crippen molar-refractivity contribution < 1.29 is 17.9 Å². The van der Waals surface area contributed by atoms with Gasteiger partial charge in [0.25, 0.3) is 0 Å². The molecule has 0 atom stereocenters. The highest BCUT2D eigenvalue weighted by Gasteiger charge is 2.29. The molecule has 0 saturated carbocycles. The summed E-state index contributed by atoms with van der Waals surface area (Å²) in [6, 6.07) is 4.67. The van der Waals surface area contributed by atoms with Crippen LogP contribution in [0.2, 0.25) is 0 Å². The Balaban J connectivity index is 1.83. The molecule has 1 saturated heterocycles. The van der Waals surface area contributed by atoms with Gasteiger partial charge in [0.2, 0.25) is 15.9 Å². The van der Waals surface area contributed by atoms with Crippen molar-refractivity contribution in [3.63, 3.8) is 0 Å². The van der Waals surface area contributed by atoms with Crippen molar-refractivity contribution in [2.24, 2.45) is 0 Å². The Morgan fingerprint density at radius 2 is 2.04 bits per heavy atom. The van der Waals surface area contributed by atoms with E-state index in [1.54, 1.807) is 12.1 Å². The molecular weight excluding hydrogens is 418 g/mol. The number of sulfonamides is 1. The van der Waals surface area contributed by atoms with E-state index in [1.807, 2.05) is 6.92 Å². The second kappa shape index (κ2) is 8.73. The fraction of sp³-hybridized carbons (Fsp3) is 0.444. The summed E-state index contributed by atoms with van der Waals surface area (Å²) in [4.78, 5) is 16.4. The molecule has 1 aliphatic rings. The van der Waals surface area contributed by atoms with Crippen LogP contribution in [-0.4, -0.2) is 43.8 Å². The lowest BCUT2D eigenvalue weighted by Crippen LogP contribution is -2.35. The summed E-state index contributed by atoms with van der Waals surface area (Å²) in [6.45, 7) is 2.87. The monoisotopic (exact) mass is 441 g/mol. The molecule has 2 aromatic rings. The standard InChI is InChI=1S/C18H23N3O4S3/c1-12-15(27-18(26)19-12)11-17(22)20-13-6-7-14(25-2)16(10-13)28(23,24)21-8-4-3-5-9-21/h6-7,10H,3-5,8-9,11H2,1-2H3,(H,19,26)(H,20,22). The van der Waals surface area contributed by atoms with Crippen molar-refractivity contribution in [1.29, 1.82) is 0 Å². The van der Waals surface area contributed by atoms with E-state index >= 15 is 0 Å². The number of H-pyrrole nitrogens is 1. The summed E-state index contributed by atoms with van der Waals surface area (Å²) in [6.07, 6.45) is 2.90. The van der Waals surface area contributed by atoms with E-state index in [4.69, 9.17) is 17.0 Å². The number of methoxy groups -OCH3 is 1. The van der Waals surface area contributed by atoms with Crippen LogP contribution in [0, 0.1) is 10.9 Å². The van der Waals surface area contributed by atoms with Crippen molar-refractivity contribution in [2.45, 2.75) is 37.5 Å². The third kappa shape index (κ3) is 4.62. The third-order valence-electron chi connectivity index (χ3n) is 4.63. The molecule has 2 N–H and O–H groups in total. The molecule has 3 rings (SSSR count). The van der Waals surface area contributed by atoms with Crippen LogP contribution in [-0.2, 0) is 21.2 Å². The second-order valence-electron chi connectivity index (χ2n) is 6.62. The van der Waals surface area contributed by atoms with Gasteiger partial charge in [0.1, 0.15) is 10.6 Å². The molecule has 0 bridgehead atoms. The maximum atomic E-state index is 13.1. The smallest absolute Gasteiger partial charge is 0.246 e. The summed E-state index contributed by atoms with van der Waals surface area (Å²) < 4.78 is 33.5. The zero-order valence-electron chi connectivity index (χ0n) is 15.8. The van der Waals surface area contributed by atoms with Crippen molar-refractivity contribution in [3.8, 4) is 5.75 Å². The van der Waals surface area contributed by atoms with Crippen molar-refractivity contribution in [1.82, 2.24) is 9.29 Å². The van der Waals surface area contributed by atoms with Crippen LogP contribution >= 0.6 is 23.6 Å². The minimum Gasteiger partial charge on any atom is -0.495 e. The molecule has 7 nitrogen and oxygen atoms in total. The van der Waals surface area contributed by atoms with Gasteiger partial charge in [-0.05, 0) is 50.2 Å². The number of hydrogen-bond donors (Lipinski definition) is 2. The minimum absolute atomic E-state index is 0.0724. The molecule has 28 heavy (non-hydrogen) atoms. The number of benzene rings is 1. The molecule has 1 amide bonds. The molecule has 1 aliphatic heterocycles. The Bertz CT molecular complexity index is 1020. The lowest BCUT2D eigenvalue weighted by atomic mass is 10.2.